The van der Waals surface area contributed by atoms with Gasteiger partial charge >= 0.3 is 11.9 Å². The Morgan fingerprint density at radius 1 is 0.833 bits per heavy atom. The van der Waals surface area contributed by atoms with E-state index in [4.69, 9.17) is 14.2 Å². The van der Waals surface area contributed by atoms with Crippen molar-refractivity contribution in [3.8, 4) is 11.5 Å². The molecule has 10 nitrogen and oxygen atoms in total. The number of aliphatic hydroxyl groups excluding tert-OH is 3. The molecule has 1 saturated heterocycles. The van der Waals surface area contributed by atoms with E-state index in [0.29, 0.717) is 22.3 Å². The van der Waals surface area contributed by atoms with Crippen molar-refractivity contribution in [2.24, 2.45) is 0 Å². The summed E-state index contributed by atoms with van der Waals surface area (Å²) in [4.78, 5) is 24.1. The standard InChI is InChI=1S/C26H22O10/c27-15-9-5-13(6-10-15)26(18-4-2-1-3-17(18)24(33)36-26)14-7-11-16(12-8-14)34-25-21(30)19(28)20(29)22(35-25)23(31)32/h1-12,19-22,25,27-30H,(H,31,32)/t19-,20-,21-,22-,25?,26?/m0/s1. The van der Waals surface area contributed by atoms with Gasteiger partial charge in [0, 0.05) is 16.7 Å². The fourth-order valence-corrected chi connectivity index (χ4v) is 4.56. The van der Waals surface area contributed by atoms with Gasteiger partial charge in [-0.3, -0.25) is 0 Å². The number of cyclic esters (lactones) is 1. The van der Waals surface area contributed by atoms with E-state index in [-0.39, 0.29) is 11.5 Å². The second-order valence-corrected chi connectivity index (χ2v) is 8.54. The largest absolute Gasteiger partial charge is 0.508 e. The highest BCUT2D eigenvalue weighted by atomic mass is 16.7. The molecule has 2 heterocycles. The van der Waals surface area contributed by atoms with Gasteiger partial charge in [0.15, 0.2) is 11.7 Å². The molecule has 5 rings (SSSR count). The molecule has 3 aromatic rings. The summed E-state index contributed by atoms with van der Waals surface area (Å²) in [5.74, 6) is -1.82. The zero-order chi connectivity index (χ0) is 25.6. The molecular weight excluding hydrogens is 472 g/mol. The van der Waals surface area contributed by atoms with Crippen molar-refractivity contribution in [1.82, 2.24) is 0 Å². The van der Waals surface area contributed by atoms with Crippen LogP contribution in [0.5, 0.6) is 11.5 Å². The summed E-state index contributed by atoms with van der Waals surface area (Å²) >= 11 is 0. The molecule has 0 aromatic heterocycles. The van der Waals surface area contributed by atoms with Crippen LogP contribution in [0.15, 0.2) is 72.8 Å². The molecule has 0 saturated carbocycles. The van der Waals surface area contributed by atoms with Crippen LogP contribution in [0.25, 0.3) is 0 Å². The minimum atomic E-state index is -1.83. The van der Waals surface area contributed by atoms with Crippen LogP contribution in [0.3, 0.4) is 0 Å². The Morgan fingerprint density at radius 3 is 2.08 bits per heavy atom. The van der Waals surface area contributed by atoms with Crippen LogP contribution in [0.4, 0.5) is 0 Å². The Hall–Kier alpha value is -3.96. The van der Waals surface area contributed by atoms with Gasteiger partial charge in [-0.2, -0.15) is 0 Å². The monoisotopic (exact) mass is 494 g/mol. The quantitative estimate of drug-likeness (QED) is 0.325. The first-order chi connectivity index (χ1) is 17.2. The average molecular weight is 494 g/mol. The number of ether oxygens (including phenoxy) is 3. The van der Waals surface area contributed by atoms with Crippen molar-refractivity contribution >= 4 is 11.9 Å². The fourth-order valence-electron chi connectivity index (χ4n) is 4.56. The van der Waals surface area contributed by atoms with Crippen molar-refractivity contribution in [3.05, 3.63) is 95.1 Å². The molecule has 3 aromatic carbocycles. The lowest BCUT2D eigenvalue weighted by Crippen LogP contribution is -2.61. The zero-order valence-corrected chi connectivity index (χ0v) is 18.6. The second-order valence-electron chi connectivity index (χ2n) is 8.54. The first-order valence-electron chi connectivity index (χ1n) is 11.0. The van der Waals surface area contributed by atoms with Crippen LogP contribution < -0.4 is 4.74 Å². The van der Waals surface area contributed by atoms with E-state index >= 15 is 0 Å². The number of aliphatic carboxylic acids is 1. The highest BCUT2D eigenvalue weighted by Crippen LogP contribution is 2.47. The number of phenolic OH excluding ortho intramolecular Hbond substituents is 1. The Kier molecular flexibility index (Phi) is 5.89. The summed E-state index contributed by atoms with van der Waals surface area (Å²) in [5.41, 5.74) is 0.858. The molecule has 5 N–H and O–H groups in total. The third-order valence-corrected chi connectivity index (χ3v) is 6.37. The number of hydrogen-bond donors (Lipinski definition) is 5. The normalized spacial score (nSPS) is 29.3. The van der Waals surface area contributed by atoms with Crippen molar-refractivity contribution in [2.45, 2.75) is 36.3 Å². The Morgan fingerprint density at radius 2 is 1.44 bits per heavy atom. The number of benzene rings is 3. The number of phenols is 1. The van der Waals surface area contributed by atoms with Gasteiger partial charge in [-0.05, 0) is 30.3 Å². The SMILES string of the molecule is O=C1OC(c2ccc(O)cc2)(c2ccc(OC3O[C@H](C(=O)O)[C@@H](O)[C@H](O)[C@@H]3O)cc2)c2ccccc21. The molecule has 0 aliphatic carbocycles. The smallest absolute Gasteiger partial charge is 0.340 e. The van der Waals surface area contributed by atoms with E-state index in [9.17, 15) is 35.1 Å². The predicted molar refractivity (Wildman–Crippen MR) is 121 cm³/mol. The summed E-state index contributed by atoms with van der Waals surface area (Å²) in [6.45, 7) is 0. The lowest BCUT2D eigenvalue weighted by atomic mass is 9.80. The molecule has 2 aliphatic rings. The first kappa shape index (κ1) is 23.8. The molecule has 186 valence electrons. The lowest BCUT2D eigenvalue weighted by Gasteiger charge is -2.38. The summed E-state index contributed by atoms with van der Waals surface area (Å²) in [6, 6.07) is 19.5. The minimum absolute atomic E-state index is 0.0493. The van der Waals surface area contributed by atoms with Crippen LogP contribution >= 0.6 is 0 Å². The highest BCUT2D eigenvalue weighted by Gasteiger charge is 2.49. The van der Waals surface area contributed by atoms with Crippen molar-refractivity contribution in [1.29, 1.82) is 0 Å². The molecule has 0 radical (unpaired) electrons. The molecule has 36 heavy (non-hydrogen) atoms. The van der Waals surface area contributed by atoms with Gasteiger partial charge in [-0.25, -0.2) is 9.59 Å². The maximum Gasteiger partial charge on any atom is 0.340 e. The van der Waals surface area contributed by atoms with Crippen molar-refractivity contribution < 1.29 is 49.3 Å². The molecule has 2 aliphatic heterocycles. The van der Waals surface area contributed by atoms with Crippen LogP contribution in [-0.4, -0.2) is 68.2 Å². The molecule has 0 spiro atoms. The first-order valence-corrected chi connectivity index (χ1v) is 11.0. The molecule has 1 fully saturated rings. The number of aliphatic hydroxyl groups is 3. The average Bonchev–Trinajstić information content (AvgIpc) is 3.18. The number of fused-ring (bicyclic) bond motifs is 1. The fraction of sp³-hybridized carbons (Fsp3) is 0.231. The van der Waals surface area contributed by atoms with Crippen molar-refractivity contribution in [2.75, 3.05) is 0 Å². The van der Waals surface area contributed by atoms with Gasteiger partial charge in [0.25, 0.3) is 0 Å². The maximum atomic E-state index is 12.8. The van der Waals surface area contributed by atoms with Crippen LogP contribution in [0, 0.1) is 0 Å². The number of carboxylic acids is 1. The molecule has 0 bridgehead atoms. The highest BCUT2D eigenvalue weighted by molar-refractivity contribution is 5.96. The number of carbonyl (C=O) groups excluding carboxylic acids is 1. The second kappa shape index (κ2) is 8.92. The summed E-state index contributed by atoms with van der Waals surface area (Å²) in [5, 5.41) is 49.1. The van der Waals surface area contributed by atoms with Gasteiger partial charge in [-0.15, -0.1) is 0 Å². The van der Waals surface area contributed by atoms with Crippen molar-refractivity contribution in [3.63, 3.8) is 0 Å². The Balaban J connectivity index is 1.50. The van der Waals surface area contributed by atoms with Gasteiger partial charge in [0.05, 0.1) is 5.56 Å². The lowest BCUT2D eigenvalue weighted by molar-refractivity contribution is -0.271. The van der Waals surface area contributed by atoms with Gasteiger partial charge in [0.1, 0.15) is 29.8 Å². The number of carbonyl (C=O) groups is 2. The summed E-state index contributed by atoms with van der Waals surface area (Å²) < 4.78 is 16.7. The van der Waals surface area contributed by atoms with Crippen LogP contribution in [0.2, 0.25) is 0 Å². The maximum absolute atomic E-state index is 12.8. The van der Waals surface area contributed by atoms with E-state index in [1.807, 2.05) is 0 Å². The number of rotatable bonds is 5. The third-order valence-electron chi connectivity index (χ3n) is 6.37. The van der Waals surface area contributed by atoms with Gasteiger partial charge in [-0.1, -0.05) is 42.5 Å². The Labute approximate surface area is 204 Å². The number of esters is 1. The number of aromatic hydroxyl groups is 1. The van der Waals surface area contributed by atoms with Crippen LogP contribution in [0.1, 0.15) is 27.0 Å². The molecule has 2 unspecified atom stereocenters. The summed E-state index contributed by atoms with van der Waals surface area (Å²) in [7, 11) is 0. The molecule has 0 amide bonds. The Bertz CT molecular complexity index is 1290. The van der Waals surface area contributed by atoms with E-state index < -0.39 is 48.2 Å². The van der Waals surface area contributed by atoms with E-state index in [1.54, 1.807) is 48.5 Å². The topological polar surface area (TPSA) is 163 Å². The minimum Gasteiger partial charge on any atom is -0.508 e. The van der Waals surface area contributed by atoms with Gasteiger partial charge < -0.3 is 39.7 Å². The van der Waals surface area contributed by atoms with Gasteiger partial charge in [0.2, 0.25) is 6.29 Å². The van der Waals surface area contributed by atoms with E-state index in [2.05, 4.69) is 0 Å². The number of hydrogen-bond acceptors (Lipinski definition) is 9. The molecule has 10 heteroatoms. The van der Waals surface area contributed by atoms with E-state index in [0.717, 1.165) is 0 Å². The number of carboxylic acid groups (broad SMARTS) is 1. The molecular formula is C26H22O10. The predicted octanol–water partition coefficient (Wildman–Crippen LogP) is 1.13. The van der Waals surface area contributed by atoms with E-state index in [1.165, 1.54) is 24.3 Å². The molecule has 6 atom stereocenters. The van der Waals surface area contributed by atoms with Crippen LogP contribution in [-0.2, 0) is 19.9 Å². The third kappa shape index (κ3) is 3.76. The zero-order valence-electron chi connectivity index (χ0n) is 18.6. The summed E-state index contributed by atoms with van der Waals surface area (Å²) in [6.07, 6.45) is -8.69.